The van der Waals surface area contributed by atoms with Gasteiger partial charge in [0.2, 0.25) is 11.7 Å². The van der Waals surface area contributed by atoms with Crippen molar-refractivity contribution >= 4 is 11.6 Å². The quantitative estimate of drug-likeness (QED) is 0.769. The Kier molecular flexibility index (Phi) is 3.81. The van der Waals surface area contributed by atoms with Crippen LogP contribution < -0.4 is 14.8 Å². The number of tetrazole rings is 1. The lowest BCUT2D eigenvalue weighted by Gasteiger charge is -2.18. The molecule has 9 heteroatoms. The van der Waals surface area contributed by atoms with E-state index in [0.29, 0.717) is 42.0 Å². The molecule has 1 aliphatic heterocycles. The molecule has 1 N–H and O–H groups in total. The van der Waals surface area contributed by atoms with E-state index >= 15 is 0 Å². The molecule has 0 saturated carbocycles. The molecule has 3 aromatic rings. The van der Waals surface area contributed by atoms with E-state index in [1.54, 1.807) is 24.3 Å². The topological polar surface area (TPSA) is 104 Å². The molecular formula is C16H15N5O4. The van der Waals surface area contributed by atoms with Crippen molar-refractivity contribution < 1.29 is 18.7 Å². The first kappa shape index (κ1) is 15.2. The van der Waals surface area contributed by atoms with Crippen LogP contribution in [0.2, 0.25) is 0 Å². The zero-order valence-corrected chi connectivity index (χ0v) is 13.4. The van der Waals surface area contributed by atoms with Crippen molar-refractivity contribution in [2.45, 2.75) is 13.5 Å². The summed E-state index contributed by atoms with van der Waals surface area (Å²) in [4.78, 5) is 13.4. The number of benzene rings is 1. The molecule has 1 aromatic carbocycles. The van der Waals surface area contributed by atoms with Gasteiger partial charge in [-0.1, -0.05) is 0 Å². The first-order chi connectivity index (χ1) is 12.2. The van der Waals surface area contributed by atoms with E-state index in [1.807, 2.05) is 13.0 Å². The van der Waals surface area contributed by atoms with Crippen molar-refractivity contribution in [1.82, 2.24) is 20.2 Å². The van der Waals surface area contributed by atoms with Crippen molar-refractivity contribution in [3.05, 3.63) is 36.1 Å². The first-order valence-electron chi connectivity index (χ1n) is 7.71. The predicted molar refractivity (Wildman–Crippen MR) is 86.3 cm³/mol. The van der Waals surface area contributed by atoms with Crippen molar-refractivity contribution in [2.75, 3.05) is 18.5 Å². The lowest BCUT2D eigenvalue weighted by Crippen LogP contribution is -2.21. The number of hydrogen-bond donors (Lipinski definition) is 1. The molecule has 25 heavy (non-hydrogen) atoms. The van der Waals surface area contributed by atoms with Crippen LogP contribution in [0.25, 0.3) is 11.6 Å². The van der Waals surface area contributed by atoms with E-state index in [2.05, 4.69) is 20.7 Å². The zero-order valence-electron chi connectivity index (χ0n) is 13.4. The SMILES string of the molecule is Cc1ccc(-c2nnn(CC(=O)Nc3ccc4c(c3)OCCO4)n2)o1. The molecule has 1 amide bonds. The Bertz CT molecular complexity index is 917. The van der Waals surface area contributed by atoms with Crippen molar-refractivity contribution in [3.8, 4) is 23.1 Å². The van der Waals surface area contributed by atoms with Crippen molar-refractivity contribution in [2.24, 2.45) is 0 Å². The Balaban J connectivity index is 1.41. The molecule has 3 heterocycles. The number of rotatable bonds is 4. The molecule has 9 nitrogen and oxygen atoms in total. The second kappa shape index (κ2) is 6.27. The minimum Gasteiger partial charge on any atom is -0.486 e. The molecule has 0 saturated heterocycles. The van der Waals surface area contributed by atoms with Gasteiger partial charge in [0.15, 0.2) is 17.3 Å². The maximum Gasteiger partial charge on any atom is 0.248 e. The molecule has 4 rings (SSSR count). The van der Waals surface area contributed by atoms with Gasteiger partial charge in [-0.25, -0.2) is 0 Å². The number of anilines is 1. The van der Waals surface area contributed by atoms with Crippen LogP contribution in [-0.2, 0) is 11.3 Å². The van der Waals surface area contributed by atoms with Gasteiger partial charge in [0.1, 0.15) is 25.5 Å². The molecule has 0 atom stereocenters. The van der Waals surface area contributed by atoms with Gasteiger partial charge in [0.25, 0.3) is 0 Å². The van der Waals surface area contributed by atoms with E-state index < -0.39 is 0 Å². The minimum absolute atomic E-state index is 0.0683. The van der Waals surface area contributed by atoms with Crippen LogP contribution >= 0.6 is 0 Å². The fourth-order valence-corrected chi connectivity index (χ4v) is 2.41. The first-order valence-corrected chi connectivity index (χ1v) is 7.71. The number of fused-ring (bicyclic) bond motifs is 1. The Morgan fingerprint density at radius 3 is 2.84 bits per heavy atom. The number of amides is 1. The fraction of sp³-hybridized carbons (Fsp3) is 0.250. The van der Waals surface area contributed by atoms with Crippen LogP contribution in [-0.4, -0.2) is 39.3 Å². The third kappa shape index (κ3) is 3.30. The van der Waals surface area contributed by atoms with Crippen molar-refractivity contribution in [1.29, 1.82) is 0 Å². The smallest absolute Gasteiger partial charge is 0.248 e. The third-order valence-corrected chi connectivity index (χ3v) is 3.52. The number of carbonyl (C=O) groups excluding carboxylic acids is 1. The largest absolute Gasteiger partial charge is 0.486 e. The molecule has 128 valence electrons. The summed E-state index contributed by atoms with van der Waals surface area (Å²) in [6.45, 7) is 2.77. The molecule has 0 fully saturated rings. The maximum absolute atomic E-state index is 12.2. The minimum atomic E-state index is -0.281. The maximum atomic E-state index is 12.2. The highest BCUT2D eigenvalue weighted by molar-refractivity contribution is 5.90. The van der Waals surface area contributed by atoms with Crippen LogP contribution in [0, 0.1) is 6.92 Å². The van der Waals surface area contributed by atoms with E-state index in [0.717, 1.165) is 5.76 Å². The van der Waals surface area contributed by atoms with Gasteiger partial charge >= 0.3 is 0 Å². The number of aryl methyl sites for hydroxylation is 1. The number of nitrogens with zero attached hydrogens (tertiary/aromatic N) is 4. The molecule has 2 aromatic heterocycles. The van der Waals surface area contributed by atoms with Gasteiger partial charge in [-0.3, -0.25) is 4.79 Å². The number of furan rings is 1. The Hall–Kier alpha value is -3.36. The number of ether oxygens (including phenoxy) is 2. The summed E-state index contributed by atoms with van der Waals surface area (Å²) in [6.07, 6.45) is 0. The molecule has 1 aliphatic rings. The summed E-state index contributed by atoms with van der Waals surface area (Å²) in [5.74, 6) is 2.59. The normalized spacial score (nSPS) is 12.8. The summed E-state index contributed by atoms with van der Waals surface area (Å²) in [6, 6.07) is 8.79. The highest BCUT2D eigenvalue weighted by Gasteiger charge is 2.14. The summed E-state index contributed by atoms with van der Waals surface area (Å²) in [5.41, 5.74) is 0.608. The van der Waals surface area contributed by atoms with E-state index in [4.69, 9.17) is 13.9 Å². The second-order valence-electron chi connectivity index (χ2n) is 5.46. The Morgan fingerprint density at radius 2 is 2.04 bits per heavy atom. The van der Waals surface area contributed by atoms with Gasteiger partial charge in [-0.2, -0.15) is 4.80 Å². The lowest BCUT2D eigenvalue weighted by atomic mass is 10.2. The van der Waals surface area contributed by atoms with Gasteiger partial charge in [-0.15, -0.1) is 10.2 Å². The average molecular weight is 341 g/mol. The molecule has 0 radical (unpaired) electrons. The standard InChI is InChI=1S/C16H15N5O4/c1-10-2-4-13(25-10)16-18-20-21(19-16)9-15(22)17-11-3-5-12-14(8-11)24-7-6-23-12/h2-5,8H,6-7,9H2,1H3,(H,17,22). The monoisotopic (exact) mass is 341 g/mol. The Morgan fingerprint density at radius 1 is 1.20 bits per heavy atom. The van der Waals surface area contributed by atoms with Crippen LogP contribution in [0.1, 0.15) is 5.76 Å². The van der Waals surface area contributed by atoms with Crippen LogP contribution in [0.15, 0.2) is 34.7 Å². The van der Waals surface area contributed by atoms with Gasteiger partial charge in [0.05, 0.1) is 0 Å². The number of hydrogen-bond acceptors (Lipinski definition) is 7. The molecular weight excluding hydrogens is 326 g/mol. The predicted octanol–water partition coefficient (Wildman–Crippen LogP) is 1.65. The molecule has 0 spiro atoms. The number of aromatic nitrogens is 4. The summed E-state index contributed by atoms with van der Waals surface area (Å²) in [5, 5.41) is 14.7. The van der Waals surface area contributed by atoms with Crippen LogP contribution in [0.5, 0.6) is 11.5 Å². The van der Waals surface area contributed by atoms with E-state index in [9.17, 15) is 4.79 Å². The number of carbonyl (C=O) groups is 1. The van der Waals surface area contributed by atoms with Gasteiger partial charge in [-0.05, 0) is 36.4 Å². The van der Waals surface area contributed by atoms with E-state index in [1.165, 1.54) is 4.80 Å². The average Bonchev–Trinajstić information content (AvgIpc) is 3.23. The molecule has 0 unspecified atom stereocenters. The molecule has 0 aliphatic carbocycles. The highest BCUT2D eigenvalue weighted by atomic mass is 16.6. The van der Waals surface area contributed by atoms with E-state index in [-0.39, 0.29) is 12.5 Å². The summed E-state index contributed by atoms with van der Waals surface area (Å²) >= 11 is 0. The van der Waals surface area contributed by atoms with Crippen molar-refractivity contribution in [3.63, 3.8) is 0 Å². The Labute approximate surface area is 142 Å². The fourth-order valence-electron chi connectivity index (χ4n) is 2.41. The lowest BCUT2D eigenvalue weighted by molar-refractivity contribution is -0.117. The second-order valence-corrected chi connectivity index (χ2v) is 5.46. The van der Waals surface area contributed by atoms with Gasteiger partial charge < -0.3 is 19.2 Å². The summed E-state index contributed by atoms with van der Waals surface area (Å²) < 4.78 is 16.4. The van der Waals surface area contributed by atoms with Gasteiger partial charge in [0, 0.05) is 11.8 Å². The highest BCUT2D eigenvalue weighted by Crippen LogP contribution is 2.32. The van der Waals surface area contributed by atoms with Crippen LogP contribution in [0.4, 0.5) is 5.69 Å². The van der Waals surface area contributed by atoms with Crippen LogP contribution in [0.3, 0.4) is 0 Å². The zero-order chi connectivity index (χ0) is 17.2. The third-order valence-electron chi connectivity index (χ3n) is 3.52. The molecule has 0 bridgehead atoms. The number of nitrogens with one attached hydrogen (secondary N) is 1. The summed E-state index contributed by atoms with van der Waals surface area (Å²) in [7, 11) is 0.